The zero-order valence-electron chi connectivity index (χ0n) is 11.4. The smallest absolute Gasteiger partial charge is 0.155 e. The van der Waals surface area contributed by atoms with Crippen LogP contribution < -0.4 is 4.68 Å². The van der Waals surface area contributed by atoms with Crippen LogP contribution in [0.25, 0.3) is 25.9 Å². The number of benzene rings is 2. The fraction of sp³-hybridized carbons (Fsp3) is 0.125. The van der Waals surface area contributed by atoms with Crippen molar-refractivity contribution in [1.82, 2.24) is 9.67 Å². The van der Waals surface area contributed by atoms with Crippen molar-refractivity contribution in [3.8, 4) is 5.69 Å². The maximum Gasteiger partial charge on any atom is 0.306 e. The molecule has 0 fully saturated rings. The molecule has 2 aromatic heterocycles. The topological polar surface area (TPSA) is 21.7 Å². The van der Waals surface area contributed by atoms with Crippen molar-refractivity contribution in [3.63, 3.8) is 0 Å². The quantitative estimate of drug-likeness (QED) is 0.490. The van der Waals surface area contributed by atoms with Crippen molar-refractivity contribution in [2.75, 3.05) is 0 Å². The SMILES string of the molecule is Cc1cc2c(cc1-n1cnc[n+]1C)sc1ccccc12. The van der Waals surface area contributed by atoms with E-state index in [0.29, 0.717) is 0 Å². The molecule has 0 aliphatic heterocycles. The third kappa shape index (κ3) is 1.58. The maximum atomic E-state index is 4.19. The van der Waals surface area contributed by atoms with Crippen LogP contribution >= 0.6 is 11.3 Å². The third-order valence-corrected chi connectivity index (χ3v) is 4.83. The Bertz CT molecular complexity index is 933. The highest BCUT2D eigenvalue weighted by Gasteiger charge is 2.12. The van der Waals surface area contributed by atoms with Crippen LogP contribution in [0.4, 0.5) is 0 Å². The minimum absolute atomic E-state index is 1.18. The van der Waals surface area contributed by atoms with Crippen molar-refractivity contribution in [1.29, 1.82) is 0 Å². The van der Waals surface area contributed by atoms with Gasteiger partial charge in [-0.2, -0.15) is 4.68 Å². The molecule has 0 saturated carbocycles. The maximum absolute atomic E-state index is 4.19. The van der Waals surface area contributed by atoms with Crippen LogP contribution in [0.2, 0.25) is 0 Å². The number of hydrogen-bond donors (Lipinski definition) is 0. The predicted octanol–water partition coefficient (Wildman–Crippen LogP) is 3.37. The highest BCUT2D eigenvalue weighted by molar-refractivity contribution is 7.25. The molecule has 2 aromatic carbocycles. The number of nitrogens with zero attached hydrogens (tertiary/aromatic N) is 3. The molecule has 0 saturated heterocycles. The monoisotopic (exact) mass is 280 g/mol. The summed E-state index contributed by atoms with van der Waals surface area (Å²) in [6.45, 7) is 2.15. The standard InChI is InChI=1S/C16H14N3S/c1-11-7-13-12-5-3-4-6-15(12)20-16(13)8-14(11)19-10-17-9-18(19)2/h3-10H,1-2H3/q+1. The zero-order chi connectivity index (χ0) is 13.7. The van der Waals surface area contributed by atoms with Crippen LogP contribution in [0.5, 0.6) is 0 Å². The largest absolute Gasteiger partial charge is 0.306 e. The highest BCUT2D eigenvalue weighted by atomic mass is 32.1. The van der Waals surface area contributed by atoms with Gasteiger partial charge in [-0.3, -0.25) is 0 Å². The van der Waals surface area contributed by atoms with E-state index in [9.17, 15) is 0 Å². The van der Waals surface area contributed by atoms with Gasteiger partial charge >= 0.3 is 6.33 Å². The van der Waals surface area contributed by atoms with Gasteiger partial charge < -0.3 is 0 Å². The third-order valence-electron chi connectivity index (χ3n) is 3.69. The Morgan fingerprint density at radius 3 is 2.75 bits per heavy atom. The Morgan fingerprint density at radius 1 is 1.10 bits per heavy atom. The first kappa shape index (κ1) is 11.6. The van der Waals surface area contributed by atoms with E-state index in [1.165, 1.54) is 31.4 Å². The molecule has 0 N–H and O–H groups in total. The molecule has 0 bridgehead atoms. The number of thiophene rings is 1. The molecule has 4 heteroatoms. The van der Waals surface area contributed by atoms with Crippen molar-refractivity contribution >= 4 is 31.5 Å². The molecule has 2 heterocycles. The summed E-state index contributed by atoms with van der Waals surface area (Å²) in [6.07, 6.45) is 3.66. The first-order valence-corrected chi connectivity index (χ1v) is 7.36. The van der Waals surface area contributed by atoms with E-state index in [2.05, 4.69) is 53.0 Å². The highest BCUT2D eigenvalue weighted by Crippen LogP contribution is 2.35. The summed E-state index contributed by atoms with van der Waals surface area (Å²) in [5, 5.41) is 2.69. The summed E-state index contributed by atoms with van der Waals surface area (Å²) in [5.74, 6) is 0. The summed E-state index contributed by atoms with van der Waals surface area (Å²) >= 11 is 1.84. The zero-order valence-corrected chi connectivity index (χ0v) is 12.2. The lowest BCUT2D eigenvalue weighted by atomic mass is 10.1. The van der Waals surface area contributed by atoms with Gasteiger partial charge in [0.1, 0.15) is 7.05 Å². The van der Waals surface area contributed by atoms with Gasteiger partial charge in [0.05, 0.1) is 5.69 Å². The van der Waals surface area contributed by atoms with Gasteiger partial charge in [-0.25, -0.2) is 0 Å². The molecule has 0 aliphatic rings. The van der Waals surface area contributed by atoms with Crippen LogP contribution in [0.15, 0.2) is 49.1 Å². The predicted molar refractivity (Wildman–Crippen MR) is 82.4 cm³/mol. The molecule has 0 radical (unpaired) electrons. The van der Waals surface area contributed by atoms with Crippen molar-refractivity contribution in [2.24, 2.45) is 7.05 Å². The first-order chi connectivity index (χ1) is 9.74. The van der Waals surface area contributed by atoms with Crippen LogP contribution in [0, 0.1) is 6.92 Å². The number of aromatic nitrogens is 3. The minimum Gasteiger partial charge on any atom is -0.155 e. The van der Waals surface area contributed by atoms with E-state index in [1.807, 2.05) is 35.7 Å². The Balaban J connectivity index is 2.08. The molecular weight excluding hydrogens is 266 g/mol. The van der Waals surface area contributed by atoms with E-state index < -0.39 is 0 Å². The summed E-state index contributed by atoms with van der Waals surface area (Å²) in [7, 11) is 2.00. The Morgan fingerprint density at radius 2 is 1.95 bits per heavy atom. The molecule has 0 amide bonds. The fourth-order valence-electron chi connectivity index (χ4n) is 2.67. The molecule has 20 heavy (non-hydrogen) atoms. The van der Waals surface area contributed by atoms with Gasteiger partial charge in [0.15, 0.2) is 0 Å². The van der Waals surface area contributed by atoms with Gasteiger partial charge in [0.2, 0.25) is 6.33 Å². The summed E-state index contributed by atoms with van der Waals surface area (Å²) < 4.78 is 6.72. The van der Waals surface area contributed by atoms with Crippen molar-refractivity contribution in [2.45, 2.75) is 6.92 Å². The second-order valence-corrected chi connectivity index (χ2v) is 6.12. The van der Waals surface area contributed by atoms with Crippen LogP contribution in [-0.2, 0) is 7.05 Å². The van der Waals surface area contributed by atoms with Crippen LogP contribution in [-0.4, -0.2) is 9.67 Å². The molecule has 0 aliphatic carbocycles. The summed E-state index contributed by atoms with van der Waals surface area (Å²) in [6, 6.07) is 13.1. The van der Waals surface area contributed by atoms with E-state index in [-0.39, 0.29) is 0 Å². The van der Waals surface area contributed by atoms with Gasteiger partial charge in [0.25, 0.3) is 0 Å². The lowest BCUT2D eigenvalue weighted by Crippen LogP contribution is -2.37. The second-order valence-electron chi connectivity index (χ2n) is 5.03. The van der Waals surface area contributed by atoms with Gasteiger partial charge in [-0.05, 0) is 35.7 Å². The molecular formula is C16H14N3S+. The van der Waals surface area contributed by atoms with Crippen molar-refractivity contribution in [3.05, 3.63) is 54.6 Å². The summed E-state index contributed by atoms with van der Waals surface area (Å²) in [5.41, 5.74) is 2.44. The average molecular weight is 280 g/mol. The van der Waals surface area contributed by atoms with Crippen LogP contribution in [0.1, 0.15) is 5.56 Å². The number of hydrogen-bond acceptors (Lipinski definition) is 2. The minimum atomic E-state index is 1.18. The fourth-order valence-corrected chi connectivity index (χ4v) is 3.80. The molecule has 4 aromatic rings. The number of rotatable bonds is 1. The number of aryl methyl sites for hydroxylation is 2. The average Bonchev–Trinajstić information content (AvgIpc) is 3.01. The van der Waals surface area contributed by atoms with Gasteiger partial charge in [-0.1, -0.05) is 18.2 Å². The van der Waals surface area contributed by atoms with E-state index in [0.717, 1.165) is 0 Å². The second kappa shape index (κ2) is 4.15. The normalized spacial score (nSPS) is 11.5. The van der Waals surface area contributed by atoms with Gasteiger partial charge in [-0.15, -0.1) is 16.0 Å². The lowest BCUT2D eigenvalue weighted by molar-refractivity contribution is -0.745. The van der Waals surface area contributed by atoms with Crippen molar-refractivity contribution < 1.29 is 4.68 Å². The summed E-state index contributed by atoms with van der Waals surface area (Å²) in [4.78, 5) is 4.19. The van der Waals surface area contributed by atoms with E-state index in [4.69, 9.17) is 0 Å². The first-order valence-electron chi connectivity index (χ1n) is 6.54. The molecule has 3 nitrogen and oxygen atoms in total. The molecule has 98 valence electrons. The Kier molecular flexibility index (Phi) is 2.41. The molecule has 4 rings (SSSR count). The Labute approximate surface area is 120 Å². The Hall–Kier alpha value is -2.20. The van der Waals surface area contributed by atoms with Gasteiger partial charge in [0, 0.05) is 20.2 Å². The van der Waals surface area contributed by atoms with E-state index in [1.54, 1.807) is 0 Å². The molecule has 0 atom stereocenters. The molecule has 0 unspecified atom stereocenters. The van der Waals surface area contributed by atoms with E-state index >= 15 is 0 Å². The molecule has 0 spiro atoms. The lowest BCUT2D eigenvalue weighted by Gasteiger charge is -2.05. The number of fused-ring (bicyclic) bond motifs is 3. The van der Waals surface area contributed by atoms with Crippen LogP contribution in [0.3, 0.4) is 0 Å².